The maximum atomic E-state index is 12.4. The van der Waals surface area contributed by atoms with E-state index in [0.29, 0.717) is 0 Å². The fourth-order valence-electron chi connectivity index (χ4n) is 2.04. The highest BCUT2D eigenvalue weighted by Crippen LogP contribution is 2.26. The number of alkyl halides is 2. The van der Waals surface area contributed by atoms with Crippen molar-refractivity contribution in [2.75, 3.05) is 11.9 Å². The Morgan fingerprint density at radius 1 is 1.16 bits per heavy atom. The number of carbonyl (C=O) groups is 1. The molecule has 0 saturated carbocycles. The van der Waals surface area contributed by atoms with Crippen molar-refractivity contribution in [3.05, 3.63) is 54.1 Å². The highest BCUT2D eigenvalue weighted by Gasteiger charge is 2.17. The summed E-state index contributed by atoms with van der Waals surface area (Å²) in [4.78, 5) is 12.2. The van der Waals surface area contributed by atoms with Crippen LogP contribution in [0.2, 0.25) is 0 Å². The third kappa shape index (κ3) is 4.97. The Hall–Kier alpha value is -2.52. The molecule has 2 aromatic carbocycles. The lowest BCUT2D eigenvalue weighted by molar-refractivity contribution is -0.0493. The summed E-state index contributed by atoms with van der Waals surface area (Å²) < 4.78 is 55.5. The Balaban J connectivity index is 2.25. The highest BCUT2D eigenvalue weighted by molar-refractivity contribution is 7.89. The summed E-state index contributed by atoms with van der Waals surface area (Å²) in [5, 5.41) is 2.43. The second-order valence-electron chi connectivity index (χ2n) is 4.86. The van der Waals surface area contributed by atoms with Crippen LogP contribution in [-0.2, 0) is 10.0 Å². The predicted molar refractivity (Wildman–Crippen MR) is 88.3 cm³/mol. The molecule has 0 atom stereocenters. The van der Waals surface area contributed by atoms with Gasteiger partial charge in [0, 0.05) is 12.1 Å². The number of sulfonamides is 1. The van der Waals surface area contributed by atoms with Crippen molar-refractivity contribution in [2.24, 2.45) is 0 Å². The second kappa shape index (κ2) is 8.04. The number of rotatable bonds is 7. The van der Waals surface area contributed by atoms with E-state index in [9.17, 15) is 22.0 Å². The Bertz CT molecular complexity index is 857. The number of carbonyl (C=O) groups excluding carboxylic acids is 1. The van der Waals surface area contributed by atoms with E-state index in [1.54, 1.807) is 13.0 Å². The molecule has 9 heteroatoms. The third-order valence-electron chi connectivity index (χ3n) is 3.09. The van der Waals surface area contributed by atoms with Crippen molar-refractivity contribution in [2.45, 2.75) is 18.4 Å². The standard InChI is InChI=1S/C16H16F2N2O4S/c1-2-19-25(22,23)12-7-5-6-11(10-12)15(21)20-13-8-3-4-9-14(13)24-16(17)18/h3-10,16,19H,2H2,1H3,(H,20,21). The number of benzene rings is 2. The van der Waals surface area contributed by atoms with Gasteiger partial charge in [-0.2, -0.15) is 8.78 Å². The van der Waals surface area contributed by atoms with Gasteiger partial charge < -0.3 is 10.1 Å². The molecule has 0 radical (unpaired) electrons. The van der Waals surface area contributed by atoms with E-state index in [1.807, 2.05) is 0 Å². The van der Waals surface area contributed by atoms with Crippen LogP contribution in [0.3, 0.4) is 0 Å². The van der Waals surface area contributed by atoms with E-state index >= 15 is 0 Å². The first kappa shape index (κ1) is 18.8. The molecule has 0 aliphatic rings. The zero-order valence-corrected chi connectivity index (χ0v) is 14.0. The zero-order valence-electron chi connectivity index (χ0n) is 13.2. The minimum absolute atomic E-state index is 0.0488. The molecule has 0 saturated heterocycles. The Kier molecular flexibility index (Phi) is 6.05. The number of nitrogens with one attached hydrogen (secondary N) is 2. The Morgan fingerprint density at radius 3 is 2.56 bits per heavy atom. The normalized spacial score (nSPS) is 11.4. The van der Waals surface area contributed by atoms with Gasteiger partial charge in [0.2, 0.25) is 10.0 Å². The molecular weight excluding hydrogens is 354 g/mol. The van der Waals surface area contributed by atoms with Crippen LogP contribution < -0.4 is 14.8 Å². The number of ether oxygens (including phenoxy) is 1. The topological polar surface area (TPSA) is 84.5 Å². The van der Waals surface area contributed by atoms with E-state index in [-0.39, 0.29) is 28.4 Å². The van der Waals surface area contributed by atoms with Crippen LogP contribution in [0.1, 0.15) is 17.3 Å². The van der Waals surface area contributed by atoms with Gasteiger partial charge in [-0.05, 0) is 30.3 Å². The number of hydrogen-bond donors (Lipinski definition) is 2. The van der Waals surface area contributed by atoms with Crippen molar-refractivity contribution in [3.8, 4) is 5.75 Å². The summed E-state index contributed by atoms with van der Waals surface area (Å²) in [6.45, 7) is -1.20. The number of para-hydroxylation sites is 2. The van der Waals surface area contributed by atoms with Gasteiger partial charge in [0.15, 0.2) is 0 Å². The number of anilines is 1. The van der Waals surface area contributed by atoms with Crippen molar-refractivity contribution in [1.29, 1.82) is 0 Å². The molecule has 0 aliphatic carbocycles. The fraction of sp³-hybridized carbons (Fsp3) is 0.188. The van der Waals surface area contributed by atoms with E-state index < -0.39 is 22.5 Å². The van der Waals surface area contributed by atoms with Gasteiger partial charge in [0.25, 0.3) is 5.91 Å². The minimum atomic E-state index is -3.72. The Labute approximate surface area is 143 Å². The van der Waals surface area contributed by atoms with Crippen LogP contribution in [0.5, 0.6) is 5.75 Å². The summed E-state index contributed by atoms with van der Waals surface area (Å²) in [5.74, 6) is -0.846. The van der Waals surface area contributed by atoms with Crippen molar-refractivity contribution in [1.82, 2.24) is 4.72 Å². The molecule has 0 unspecified atom stereocenters. The van der Waals surface area contributed by atoms with Gasteiger partial charge in [-0.25, -0.2) is 13.1 Å². The summed E-state index contributed by atoms with van der Waals surface area (Å²) in [5.41, 5.74) is 0.110. The van der Waals surface area contributed by atoms with Gasteiger partial charge >= 0.3 is 6.61 Å². The quantitative estimate of drug-likeness (QED) is 0.785. The first-order chi connectivity index (χ1) is 11.8. The second-order valence-corrected chi connectivity index (χ2v) is 6.62. The molecule has 2 aromatic rings. The average molecular weight is 370 g/mol. The van der Waals surface area contributed by atoms with E-state index in [1.165, 1.54) is 42.5 Å². The lowest BCUT2D eigenvalue weighted by Gasteiger charge is -2.12. The first-order valence-corrected chi connectivity index (χ1v) is 8.76. The van der Waals surface area contributed by atoms with Crippen LogP contribution in [0, 0.1) is 0 Å². The fourth-order valence-corrected chi connectivity index (χ4v) is 3.13. The maximum absolute atomic E-state index is 12.4. The number of amides is 1. The maximum Gasteiger partial charge on any atom is 0.387 e. The molecule has 1 amide bonds. The molecule has 6 nitrogen and oxygen atoms in total. The molecule has 0 aromatic heterocycles. The third-order valence-corrected chi connectivity index (χ3v) is 4.64. The van der Waals surface area contributed by atoms with Crippen LogP contribution in [0.4, 0.5) is 14.5 Å². The molecular formula is C16H16F2N2O4S. The molecule has 0 bridgehead atoms. The van der Waals surface area contributed by atoms with Crippen molar-refractivity contribution < 1.29 is 26.7 Å². The van der Waals surface area contributed by atoms with Crippen LogP contribution >= 0.6 is 0 Å². The summed E-state index contributed by atoms with van der Waals surface area (Å²) in [7, 11) is -3.72. The van der Waals surface area contributed by atoms with E-state index in [0.717, 1.165) is 0 Å². The summed E-state index contributed by atoms with van der Waals surface area (Å²) in [6, 6.07) is 11.1. The molecule has 2 N–H and O–H groups in total. The van der Waals surface area contributed by atoms with Crippen LogP contribution in [-0.4, -0.2) is 27.5 Å². The van der Waals surface area contributed by atoms with Crippen molar-refractivity contribution in [3.63, 3.8) is 0 Å². The molecule has 134 valence electrons. The molecule has 0 aliphatic heterocycles. The number of hydrogen-bond acceptors (Lipinski definition) is 4. The van der Waals surface area contributed by atoms with Crippen LogP contribution in [0.15, 0.2) is 53.4 Å². The van der Waals surface area contributed by atoms with Gasteiger partial charge in [-0.1, -0.05) is 25.1 Å². The van der Waals surface area contributed by atoms with E-state index in [4.69, 9.17) is 0 Å². The molecule has 25 heavy (non-hydrogen) atoms. The number of halogens is 2. The zero-order chi connectivity index (χ0) is 18.4. The highest BCUT2D eigenvalue weighted by atomic mass is 32.2. The smallest absolute Gasteiger partial charge is 0.387 e. The molecule has 0 fully saturated rings. The monoisotopic (exact) mass is 370 g/mol. The minimum Gasteiger partial charge on any atom is -0.433 e. The molecule has 0 heterocycles. The van der Waals surface area contributed by atoms with Crippen molar-refractivity contribution >= 4 is 21.6 Å². The van der Waals surface area contributed by atoms with Gasteiger partial charge in [0.1, 0.15) is 5.75 Å². The van der Waals surface area contributed by atoms with Gasteiger partial charge in [-0.3, -0.25) is 4.79 Å². The summed E-state index contributed by atoms with van der Waals surface area (Å²) in [6.07, 6.45) is 0. The lowest BCUT2D eigenvalue weighted by atomic mass is 10.2. The Morgan fingerprint density at radius 2 is 1.88 bits per heavy atom. The molecule has 2 rings (SSSR count). The predicted octanol–water partition coefficient (Wildman–Crippen LogP) is 2.84. The van der Waals surface area contributed by atoms with E-state index in [2.05, 4.69) is 14.8 Å². The largest absolute Gasteiger partial charge is 0.433 e. The van der Waals surface area contributed by atoms with Crippen LogP contribution in [0.25, 0.3) is 0 Å². The lowest BCUT2D eigenvalue weighted by Crippen LogP contribution is -2.23. The SMILES string of the molecule is CCNS(=O)(=O)c1cccc(C(=O)Nc2ccccc2OC(F)F)c1. The van der Waals surface area contributed by atoms with Gasteiger partial charge in [-0.15, -0.1) is 0 Å². The average Bonchev–Trinajstić information content (AvgIpc) is 2.56. The van der Waals surface area contributed by atoms with Gasteiger partial charge in [0.05, 0.1) is 10.6 Å². The molecule has 0 spiro atoms. The summed E-state index contributed by atoms with van der Waals surface area (Å²) >= 11 is 0. The first-order valence-electron chi connectivity index (χ1n) is 7.28.